The molecule has 0 heterocycles. The van der Waals surface area contributed by atoms with Gasteiger partial charge in [0.1, 0.15) is 0 Å². The third kappa shape index (κ3) is 7.37. The Kier molecular flexibility index (Phi) is 6.41. The first-order chi connectivity index (χ1) is 7.33. The predicted octanol–water partition coefficient (Wildman–Crippen LogP) is 1.82. The molecule has 0 aromatic carbocycles. The Morgan fingerprint density at radius 2 is 1.93 bits per heavy atom. The minimum atomic E-state index is 0.229. The zero-order chi connectivity index (χ0) is 10.9. The largest absolute Gasteiger partial charge is 0.353 e. The van der Waals surface area contributed by atoms with Crippen LogP contribution in [0.5, 0.6) is 0 Å². The summed E-state index contributed by atoms with van der Waals surface area (Å²) < 4.78 is 0. The van der Waals surface area contributed by atoms with E-state index < -0.39 is 0 Å². The highest BCUT2D eigenvalue weighted by molar-refractivity contribution is 5.76. The molecule has 3 heteroatoms. The fourth-order valence-corrected chi connectivity index (χ4v) is 1.53. The van der Waals surface area contributed by atoms with E-state index in [4.69, 9.17) is 0 Å². The molecule has 0 saturated heterocycles. The Hall–Kier alpha value is -0.570. The van der Waals surface area contributed by atoms with Crippen molar-refractivity contribution in [2.75, 3.05) is 13.1 Å². The standard InChI is InChI=1S/C12H24N2O/c1-2-3-4-9-13-10-5-6-12(15)14-11-7-8-11/h11,13H,2-10H2,1H3,(H,14,15). The molecule has 0 spiro atoms. The van der Waals surface area contributed by atoms with Crippen molar-refractivity contribution < 1.29 is 4.79 Å². The zero-order valence-corrected chi connectivity index (χ0v) is 9.85. The van der Waals surface area contributed by atoms with E-state index in [1.807, 2.05) is 0 Å². The van der Waals surface area contributed by atoms with Crippen molar-refractivity contribution in [3.8, 4) is 0 Å². The van der Waals surface area contributed by atoms with Crippen LogP contribution < -0.4 is 10.6 Å². The van der Waals surface area contributed by atoms with E-state index in [9.17, 15) is 4.79 Å². The van der Waals surface area contributed by atoms with Gasteiger partial charge in [-0.1, -0.05) is 19.8 Å². The molecule has 1 saturated carbocycles. The molecular formula is C12H24N2O. The molecule has 0 bridgehead atoms. The summed E-state index contributed by atoms with van der Waals surface area (Å²) in [4.78, 5) is 11.3. The fraction of sp³-hybridized carbons (Fsp3) is 0.917. The molecule has 1 fully saturated rings. The summed E-state index contributed by atoms with van der Waals surface area (Å²) >= 11 is 0. The number of hydrogen-bond donors (Lipinski definition) is 2. The molecule has 0 atom stereocenters. The molecular weight excluding hydrogens is 188 g/mol. The van der Waals surface area contributed by atoms with Crippen LogP contribution in [0, 0.1) is 0 Å². The van der Waals surface area contributed by atoms with Gasteiger partial charge in [-0.2, -0.15) is 0 Å². The molecule has 0 unspecified atom stereocenters. The van der Waals surface area contributed by atoms with Crippen molar-refractivity contribution in [3.63, 3.8) is 0 Å². The van der Waals surface area contributed by atoms with Crippen LogP contribution in [0.3, 0.4) is 0 Å². The normalized spacial score (nSPS) is 15.3. The third-order valence-corrected chi connectivity index (χ3v) is 2.66. The smallest absolute Gasteiger partial charge is 0.220 e. The Morgan fingerprint density at radius 3 is 2.60 bits per heavy atom. The average molecular weight is 212 g/mol. The number of hydrogen-bond acceptors (Lipinski definition) is 2. The Bertz CT molecular complexity index is 178. The number of carbonyl (C=O) groups is 1. The summed E-state index contributed by atoms with van der Waals surface area (Å²) in [7, 11) is 0. The molecule has 15 heavy (non-hydrogen) atoms. The summed E-state index contributed by atoms with van der Waals surface area (Å²) in [5.41, 5.74) is 0. The quantitative estimate of drug-likeness (QED) is 0.572. The molecule has 1 amide bonds. The van der Waals surface area contributed by atoms with Gasteiger partial charge in [0.05, 0.1) is 0 Å². The van der Waals surface area contributed by atoms with Gasteiger partial charge < -0.3 is 10.6 Å². The Labute approximate surface area is 93.0 Å². The highest BCUT2D eigenvalue weighted by Gasteiger charge is 2.22. The van der Waals surface area contributed by atoms with E-state index in [1.165, 1.54) is 32.1 Å². The van der Waals surface area contributed by atoms with Gasteiger partial charge in [0.2, 0.25) is 5.91 Å². The topological polar surface area (TPSA) is 41.1 Å². The lowest BCUT2D eigenvalue weighted by molar-refractivity contribution is -0.121. The van der Waals surface area contributed by atoms with Crippen molar-refractivity contribution in [1.82, 2.24) is 10.6 Å². The number of carbonyl (C=O) groups excluding carboxylic acids is 1. The minimum Gasteiger partial charge on any atom is -0.353 e. The summed E-state index contributed by atoms with van der Waals surface area (Å²) in [6, 6.07) is 0.509. The molecule has 0 aromatic rings. The number of nitrogens with one attached hydrogen (secondary N) is 2. The summed E-state index contributed by atoms with van der Waals surface area (Å²) in [5.74, 6) is 0.229. The Balaban J connectivity index is 1.77. The molecule has 1 aliphatic rings. The van der Waals surface area contributed by atoms with Crippen molar-refractivity contribution in [3.05, 3.63) is 0 Å². The van der Waals surface area contributed by atoms with Gasteiger partial charge in [-0.05, 0) is 38.8 Å². The monoisotopic (exact) mass is 212 g/mol. The van der Waals surface area contributed by atoms with Gasteiger partial charge in [-0.3, -0.25) is 4.79 Å². The maximum Gasteiger partial charge on any atom is 0.220 e. The van der Waals surface area contributed by atoms with E-state index >= 15 is 0 Å². The fourth-order valence-electron chi connectivity index (χ4n) is 1.53. The van der Waals surface area contributed by atoms with Crippen LogP contribution >= 0.6 is 0 Å². The van der Waals surface area contributed by atoms with Crippen molar-refractivity contribution >= 4 is 5.91 Å². The average Bonchev–Trinajstić information content (AvgIpc) is 3.00. The van der Waals surface area contributed by atoms with E-state index in [2.05, 4.69) is 17.6 Å². The lowest BCUT2D eigenvalue weighted by Crippen LogP contribution is -2.26. The van der Waals surface area contributed by atoms with Gasteiger partial charge in [0.15, 0.2) is 0 Å². The second-order valence-electron chi connectivity index (χ2n) is 4.40. The maximum atomic E-state index is 11.3. The van der Waals surface area contributed by atoms with Gasteiger partial charge >= 0.3 is 0 Å². The van der Waals surface area contributed by atoms with E-state index in [-0.39, 0.29) is 5.91 Å². The van der Waals surface area contributed by atoms with Gasteiger partial charge in [0, 0.05) is 12.5 Å². The van der Waals surface area contributed by atoms with Crippen LogP contribution in [0.1, 0.15) is 51.9 Å². The molecule has 0 aliphatic heterocycles. The van der Waals surface area contributed by atoms with Crippen LogP contribution in [-0.4, -0.2) is 25.0 Å². The third-order valence-electron chi connectivity index (χ3n) is 2.66. The van der Waals surface area contributed by atoms with Crippen LogP contribution in [0.4, 0.5) is 0 Å². The zero-order valence-electron chi connectivity index (χ0n) is 9.85. The molecule has 1 aliphatic carbocycles. The lowest BCUT2D eigenvalue weighted by atomic mass is 10.2. The number of unbranched alkanes of at least 4 members (excludes halogenated alkanes) is 2. The second kappa shape index (κ2) is 7.69. The Morgan fingerprint density at radius 1 is 1.20 bits per heavy atom. The van der Waals surface area contributed by atoms with Crippen LogP contribution in [-0.2, 0) is 4.79 Å². The molecule has 3 nitrogen and oxygen atoms in total. The van der Waals surface area contributed by atoms with Crippen LogP contribution in [0.15, 0.2) is 0 Å². The van der Waals surface area contributed by atoms with Crippen LogP contribution in [0.25, 0.3) is 0 Å². The second-order valence-corrected chi connectivity index (χ2v) is 4.40. The highest BCUT2D eigenvalue weighted by Crippen LogP contribution is 2.18. The number of rotatable bonds is 9. The van der Waals surface area contributed by atoms with Gasteiger partial charge in [0.25, 0.3) is 0 Å². The van der Waals surface area contributed by atoms with Crippen LogP contribution in [0.2, 0.25) is 0 Å². The van der Waals surface area contributed by atoms with E-state index in [0.29, 0.717) is 12.5 Å². The van der Waals surface area contributed by atoms with Crippen molar-refractivity contribution in [2.24, 2.45) is 0 Å². The highest BCUT2D eigenvalue weighted by atomic mass is 16.1. The van der Waals surface area contributed by atoms with Crippen molar-refractivity contribution in [1.29, 1.82) is 0 Å². The first kappa shape index (κ1) is 12.5. The number of amides is 1. The summed E-state index contributed by atoms with van der Waals surface area (Å²) in [6.45, 7) is 4.28. The molecule has 2 N–H and O–H groups in total. The van der Waals surface area contributed by atoms with E-state index in [1.54, 1.807) is 0 Å². The van der Waals surface area contributed by atoms with Crippen molar-refractivity contribution in [2.45, 2.75) is 57.9 Å². The molecule has 0 aromatic heterocycles. The van der Waals surface area contributed by atoms with Gasteiger partial charge in [-0.15, -0.1) is 0 Å². The predicted molar refractivity (Wildman–Crippen MR) is 62.8 cm³/mol. The maximum absolute atomic E-state index is 11.3. The summed E-state index contributed by atoms with van der Waals surface area (Å²) in [5, 5.41) is 6.36. The first-order valence-corrected chi connectivity index (χ1v) is 6.33. The molecule has 1 rings (SSSR count). The summed E-state index contributed by atoms with van der Waals surface area (Å²) in [6.07, 6.45) is 7.83. The van der Waals surface area contributed by atoms with E-state index in [0.717, 1.165) is 19.5 Å². The molecule has 0 radical (unpaired) electrons. The minimum absolute atomic E-state index is 0.229. The SMILES string of the molecule is CCCCCNCCCC(=O)NC1CC1. The molecule has 88 valence electrons. The van der Waals surface area contributed by atoms with Gasteiger partial charge in [-0.25, -0.2) is 0 Å². The first-order valence-electron chi connectivity index (χ1n) is 6.33. The lowest BCUT2D eigenvalue weighted by Gasteiger charge is -2.04.